The smallest absolute Gasteiger partial charge is 0.422 e. The van der Waals surface area contributed by atoms with Crippen LogP contribution in [-0.2, 0) is 9.53 Å². The summed E-state index contributed by atoms with van der Waals surface area (Å²) in [6, 6.07) is 0. The van der Waals surface area contributed by atoms with E-state index in [1.165, 1.54) is 0 Å². The van der Waals surface area contributed by atoms with Gasteiger partial charge in [-0.2, -0.15) is 13.2 Å². The van der Waals surface area contributed by atoms with Gasteiger partial charge in [0.25, 0.3) is 0 Å². The van der Waals surface area contributed by atoms with Gasteiger partial charge in [-0.3, -0.25) is 4.79 Å². The minimum Gasteiger partial charge on any atom is -0.455 e. The van der Waals surface area contributed by atoms with Crippen LogP contribution in [0.3, 0.4) is 0 Å². The van der Waals surface area contributed by atoms with Crippen LogP contribution in [0.4, 0.5) is 13.2 Å². The average Bonchev–Trinajstić information content (AvgIpc) is 2.13. The van der Waals surface area contributed by atoms with Crippen molar-refractivity contribution in [2.45, 2.75) is 31.5 Å². The number of hydrogen-bond donors (Lipinski definition) is 2. The highest BCUT2D eigenvalue weighted by Crippen LogP contribution is 2.17. The molecule has 7 heteroatoms. The predicted octanol–water partition coefficient (Wildman–Crippen LogP) is 0.548. The highest BCUT2D eigenvalue weighted by molar-refractivity contribution is 5.80. The lowest BCUT2D eigenvalue weighted by Crippen LogP contribution is -2.55. The average molecular weight is 228 g/mol. The van der Waals surface area contributed by atoms with Crippen molar-refractivity contribution < 1.29 is 22.7 Å². The Morgan fingerprint density at radius 3 is 2.27 bits per heavy atom. The summed E-state index contributed by atoms with van der Waals surface area (Å²) in [6.07, 6.45) is -3.81. The lowest BCUT2D eigenvalue weighted by atomic mass is 9.95. The maximum absolute atomic E-state index is 11.7. The Labute approximate surface area is 85.7 Å². The summed E-state index contributed by atoms with van der Waals surface area (Å²) in [7, 11) is 0. The van der Waals surface area contributed by atoms with E-state index in [9.17, 15) is 18.0 Å². The zero-order valence-corrected chi connectivity index (χ0v) is 8.43. The van der Waals surface area contributed by atoms with E-state index < -0.39 is 24.3 Å². The minimum absolute atomic E-state index is 0.195. The molecular formula is C8H15F3N2O2. The molecule has 1 unspecified atom stereocenters. The third kappa shape index (κ3) is 4.98. The molecule has 0 aliphatic heterocycles. The molecule has 0 radical (unpaired) electrons. The number of carbonyl (C=O) groups is 1. The van der Waals surface area contributed by atoms with Crippen molar-refractivity contribution >= 4 is 5.97 Å². The first-order chi connectivity index (χ1) is 6.75. The van der Waals surface area contributed by atoms with Gasteiger partial charge in [0, 0.05) is 6.54 Å². The summed E-state index contributed by atoms with van der Waals surface area (Å²) in [5.74, 6) is -1.11. The number of alkyl halides is 3. The van der Waals surface area contributed by atoms with E-state index >= 15 is 0 Å². The van der Waals surface area contributed by atoms with Crippen LogP contribution in [0.5, 0.6) is 0 Å². The number of hydrogen-bond acceptors (Lipinski definition) is 4. The third-order valence-corrected chi connectivity index (χ3v) is 1.83. The van der Waals surface area contributed by atoms with Gasteiger partial charge in [0.1, 0.15) is 5.54 Å². The van der Waals surface area contributed by atoms with E-state index in [0.29, 0.717) is 6.42 Å². The summed E-state index contributed by atoms with van der Waals surface area (Å²) in [4.78, 5) is 11.2. The first-order valence-corrected chi connectivity index (χ1v) is 4.48. The zero-order valence-electron chi connectivity index (χ0n) is 8.43. The quantitative estimate of drug-likeness (QED) is 0.673. The van der Waals surface area contributed by atoms with Crippen molar-refractivity contribution in [3.8, 4) is 0 Å². The Balaban J connectivity index is 4.28. The fourth-order valence-electron chi connectivity index (χ4n) is 1.02. The zero-order chi connectivity index (χ0) is 12.1. The molecule has 0 heterocycles. The topological polar surface area (TPSA) is 78.3 Å². The molecule has 4 N–H and O–H groups in total. The van der Waals surface area contributed by atoms with E-state index in [2.05, 4.69) is 4.74 Å². The monoisotopic (exact) mass is 228 g/mol. The Bertz CT molecular complexity index is 220. The van der Waals surface area contributed by atoms with Crippen LogP contribution in [-0.4, -0.2) is 30.8 Å². The molecule has 0 fully saturated rings. The molecule has 0 aliphatic rings. The standard InChI is InChI=1S/C8H15F3N2O2/c1-2-3-7(13,4-12)6(14)15-5-8(9,10)11/h2-5,12-13H2,1H3. The molecule has 15 heavy (non-hydrogen) atoms. The maximum atomic E-state index is 11.7. The number of halogens is 3. The Hall–Kier alpha value is -0.820. The van der Waals surface area contributed by atoms with Crippen molar-refractivity contribution in [3.05, 3.63) is 0 Å². The molecule has 0 amide bonds. The Kier molecular flexibility index (Phi) is 5.02. The number of rotatable bonds is 5. The summed E-state index contributed by atoms with van der Waals surface area (Å²) >= 11 is 0. The third-order valence-electron chi connectivity index (χ3n) is 1.83. The van der Waals surface area contributed by atoms with Crippen LogP contribution >= 0.6 is 0 Å². The lowest BCUT2D eigenvalue weighted by molar-refractivity contribution is -0.190. The highest BCUT2D eigenvalue weighted by atomic mass is 19.4. The van der Waals surface area contributed by atoms with Crippen LogP contribution in [0.1, 0.15) is 19.8 Å². The first kappa shape index (κ1) is 14.2. The van der Waals surface area contributed by atoms with Gasteiger partial charge in [-0.05, 0) is 6.42 Å². The summed E-state index contributed by atoms with van der Waals surface area (Å²) in [5.41, 5.74) is 9.23. The van der Waals surface area contributed by atoms with Gasteiger partial charge >= 0.3 is 12.1 Å². The van der Waals surface area contributed by atoms with Gasteiger partial charge in [0.05, 0.1) is 0 Å². The molecule has 0 spiro atoms. The molecule has 0 saturated carbocycles. The summed E-state index contributed by atoms with van der Waals surface area (Å²) in [5, 5.41) is 0. The number of esters is 1. The van der Waals surface area contributed by atoms with E-state index in [1.54, 1.807) is 6.92 Å². The molecule has 0 saturated heterocycles. The fraction of sp³-hybridized carbons (Fsp3) is 0.875. The Morgan fingerprint density at radius 2 is 1.93 bits per heavy atom. The lowest BCUT2D eigenvalue weighted by Gasteiger charge is -2.25. The molecule has 0 aliphatic carbocycles. The van der Waals surface area contributed by atoms with Crippen molar-refractivity contribution in [1.29, 1.82) is 0 Å². The summed E-state index contributed by atoms with van der Waals surface area (Å²) in [6.45, 7) is -0.125. The van der Waals surface area contributed by atoms with Gasteiger partial charge in [0.15, 0.2) is 6.61 Å². The molecule has 90 valence electrons. The number of ether oxygens (including phenoxy) is 1. The number of carbonyl (C=O) groups excluding carboxylic acids is 1. The first-order valence-electron chi connectivity index (χ1n) is 4.48. The van der Waals surface area contributed by atoms with Gasteiger partial charge in [0.2, 0.25) is 0 Å². The van der Waals surface area contributed by atoms with E-state index in [0.717, 1.165) is 0 Å². The number of nitrogens with two attached hydrogens (primary N) is 2. The van der Waals surface area contributed by atoms with Crippen LogP contribution in [0.2, 0.25) is 0 Å². The maximum Gasteiger partial charge on any atom is 0.422 e. The van der Waals surface area contributed by atoms with E-state index in [4.69, 9.17) is 11.5 Å². The van der Waals surface area contributed by atoms with Crippen LogP contribution in [0.15, 0.2) is 0 Å². The van der Waals surface area contributed by atoms with Gasteiger partial charge in [-0.1, -0.05) is 13.3 Å². The van der Waals surface area contributed by atoms with E-state index in [1.807, 2.05) is 0 Å². The second kappa shape index (κ2) is 5.32. The fourth-order valence-corrected chi connectivity index (χ4v) is 1.02. The summed E-state index contributed by atoms with van der Waals surface area (Å²) < 4.78 is 39.3. The molecular weight excluding hydrogens is 213 g/mol. The van der Waals surface area contributed by atoms with Crippen molar-refractivity contribution in [2.75, 3.05) is 13.2 Å². The van der Waals surface area contributed by atoms with Crippen molar-refractivity contribution in [3.63, 3.8) is 0 Å². The predicted molar refractivity (Wildman–Crippen MR) is 47.9 cm³/mol. The molecule has 4 nitrogen and oxygen atoms in total. The van der Waals surface area contributed by atoms with Crippen LogP contribution in [0, 0.1) is 0 Å². The molecule has 0 aromatic heterocycles. The van der Waals surface area contributed by atoms with Crippen molar-refractivity contribution in [1.82, 2.24) is 0 Å². The molecule has 1 atom stereocenters. The normalized spacial score (nSPS) is 15.9. The van der Waals surface area contributed by atoms with Gasteiger partial charge < -0.3 is 16.2 Å². The SMILES string of the molecule is CCCC(N)(CN)C(=O)OCC(F)(F)F. The van der Waals surface area contributed by atoms with Gasteiger partial charge in [-0.15, -0.1) is 0 Å². The van der Waals surface area contributed by atoms with Crippen LogP contribution < -0.4 is 11.5 Å². The minimum atomic E-state index is -4.54. The molecule has 0 aromatic carbocycles. The van der Waals surface area contributed by atoms with Crippen molar-refractivity contribution in [2.24, 2.45) is 11.5 Å². The second-order valence-electron chi connectivity index (χ2n) is 3.30. The second-order valence-corrected chi connectivity index (χ2v) is 3.30. The largest absolute Gasteiger partial charge is 0.455 e. The molecule has 0 rings (SSSR count). The highest BCUT2D eigenvalue weighted by Gasteiger charge is 2.37. The van der Waals surface area contributed by atoms with Gasteiger partial charge in [-0.25, -0.2) is 0 Å². The van der Waals surface area contributed by atoms with E-state index in [-0.39, 0.29) is 13.0 Å². The molecule has 0 aromatic rings. The Morgan fingerprint density at radius 1 is 1.40 bits per heavy atom. The molecule has 0 bridgehead atoms. The van der Waals surface area contributed by atoms with Crippen LogP contribution in [0.25, 0.3) is 0 Å².